The van der Waals surface area contributed by atoms with Crippen LogP contribution in [0.3, 0.4) is 0 Å². The van der Waals surface area contributed by atoms with E-state index in [2.05, 4.69) is 6.92 Å². The van der Waals surface area contributed by atoms with Crippen molar-refractivity contribution in [3.63, 3.8) is 0 Å². The number of fused-ring (bicyclic) bond motifs is 1. The summed E-state index contributed by atoms with van der Waals surface area (Å²) in [6.45, 7) is 4.89. The summed E-state index contributed by atoms with van der Waals surface area (Å²) in [5.74, 6) is 1.59. The summed E-state index contributed by atoms with van der Waals surface area (Å²) in [5.41, 5.74) is -0.609. The SMILES string of the molecule is COCC1(C)CC2CCCCC2CC1(C)O. The van der Waals surface area contributed by atoms with Crippen molar-refractivity contribution in [3.8, 4) is 0 Å². The molecule has 0 heterocycles. The molecule has 2 aliphatic rings. The van der Waals surface area contributed by atoms with Gasteiger partial charge in [0.1, 0.15) is 0 Å². The van der Waals surface area contributed by atoms with Gasteiger partial charge in [-0.2, -0.15) is 0 Å². The zero-order valence-electron chi connectivity index (χ0n) is 11.0. The smallest absolute Gasteiger partial charge is 0.0697 e. The summed E-state index contributed by atoms with van der Waals surface area (Å²) < 4.78 is 5.34. The molecule has 1 N–H and O–H groups in total. The van der Waals surface area contributed by atoms with Crippen LogP contribution in [0.2, 0.25) is 0 Å². The maximum absolute atomic E-state index is 10.7. The normalized spacial score (nSPS) is 48.8. The number of methoxy groups -OCH3 is 1. The zero-order chi connectivity index (χ0) is 11.8. The second-order valence-electron chi connectivity index (χ2n) is 6.48. The Morgan fingerprint density at radius 2 is 1.69 bits per heavy atom. The highest BCUT2D eigenvalue weighted by atomic mass is 16.5. The number of hydrogen-bond donors (Lipinski definition) is 1. The van der Waals surface area contributed by atoms with E-state index in [0.717, 1.165) is 24.7 Å². The molecule has 0 aromatic rings. The second kappa shape index (κ2) is 4.30. The molecular weight excluding hydrogens is 200 g/mol. The molecule has 2 heteroatoms. The Morgan fingerprint density at radius 3 is 2.25 bits per heavy atom. The number of ether oxygens (including phenoxy) is 1. The summed E-state index contributed by atoms with van der Waals surface area (Å²) in [6, 6.07) is 0. The Balaban J connectivity index is 2.14. The van der Waals surface area contributed by atoms with E-state index >= 15 is 0 Å². The molecule has 4 atom stereocenters. The standard InChI is InChI=1S/C14H26O2/c1-13(10-16-3)8-11-6-4-5-7-12(11)9-14(13,2)15/h11-12,15H,4-10H2,1-3H3. The molecule has 16 heavy (non-hydrogen) atoms. The summed E-state index contributed by atoms with van der Waals surface area (Å²) in [6.07, 6.45) is 7.53. The van der Waals surface area contributed by atoms with Gasteiger partial charge in [0.25, 0.3) is 0 Å². The monoisotopic (exact) mass is 226 g/mol. The van der Waals surface area contributed by atoms with Crippen LogP contribution < -0.4 is 0 Å². The first-order chi connectivity index (χ1) is 7.48. The minimum atomic E-state index is -0.554. The maximum atomic E-state index is 10.7. The van der Waals surface area contributed by atoms with Crippen LogP contribution in [-0.4, -0.2) is 24.4 Å². The molecule has 0 radical (unpaired) electrons. The van der Waals surface area contributed by atoms with Gasteiger partial charge in [-0.05, 0) is 31.6 Å². The maximum Gasteiger partial charge on any atom is 0.0697 e. The molecule has 0 bridgehead atoms. The summed E-state index contributed by atoms with van der Waals surface area (Å²) in [4.78, 5) is 0. The Hall–Kier alpha value is -0.0800. The van der Waals surface area contributed by atoms with Crippen LogP contribution in [-0.2, 0) is 4.74 Å². The lowest BCUT2D eigenvalue weighted by Crippen LogP contribution is -2.54. The lowest BCUT2D eigenvalue weighted by molar-refractivity contribution is -0.155. The van der Waals surface area contributed by atoms with Gasteiger partial charge in [-0.3, -0.25) is 0 Å². The molecule has 0 amide bonds. The molecule has 2 aliphatic carbocycles. The largest absolute Gasteiger partial charge is 0.390 e. The number of rotatable bonds is 2. The van der Waals surface area contributed by atoms with Crippen molar-refractivity contribution in [2.75, 3.05) is 13.7 Å². The summed E-state index contributed by atoms with van der Waals surface area (Å²) >= 11 is 0. The first kappa shape index (κ1) is 12.4. The van der Waals surface area contributed by atoms with Crippen LogP contribution >= 0.6 is 0 Å². The van der Waals surface area contributed by atoms with E-state index < -0.39 is 5.60 Å². The van der Waals surface area contributed by atoms with Gasteiger partial charge >= 0.3 is 0 Å². The van der Waals surface area contributed by atoms with E-state index in [1.165, 1.54) is 25.7 Å². The summed E-state index contributed by atoms with van der Waals surface area (Å²) in [7, 11) is 1.74. The van der Waals surface area contributed by atoms with Gasteiger partial charge in [0.05, 0.1) is 12.2 Å². The lowest BCUT2D eigenvalue weighted by atomic mass is 9.55. The van der Waals surface area contributed by atoms with E-state index in [0.29, 0.717) is 6.61 Å². The van der Waals surface area contributed by atoms with Gasteiger partial charge in [0.15, 0.2) is 0 Å². The average molecular weight is 226 g/mol. The predicted molar refractivity (Wildman–Crippen MR) is 65.3 cm³/mol. The van der Waals surface area contributed by atoms with Crippen molar-refractivity contribution < 1.29 is 9.84 Å². The fourth-order valence-electron chi connectivity index (χ4n) is 3.91. The zero-order valence-corrected chi connectivity index (χ0v) is 11.0. The second-order valence-corrected chi connectivity index (χ2v) is 6.48. The molecule has 0 saturated heterocycles. The highest BCUT2D eigenvalue weighted by Crippen LogP contribution is 2.52. The Bertz CT molecular complexity index is 249. The highest BCUT2D eigenvalue weighted by Gasteiger charge is 2.51. The Kier molecular flexibility index (Phi) is 3.33. The lowest BCUT2D eigenvalue weighted by Gasteiger charge is -2.53. The van der Waals surface area contributed by atoms with Crippen molar-refractivity contribution in [3.05, 3.63) is 0 Å². The topological polar surface area (TPSA) is 29.5 Å². The third kappa shape index (κ3) is 2.02. The van der Waals surface area contributed by atoms with Crippen molar-refractivity contribution in [1.29, 1.82) is 0 Å². The van der Waals surface area contributed by atoms with Gasteiger partial charge in [0.2, 0.25) is 0 Å². The van der Waals surface area contributed by atoms with E-state index in [1.54, 1.807) is 7.11 Å². The van der Waals surface area contributed by atoms with Gasteiger partial charge in [-0.25, -0.2) is 0 Å². The molecular formula is C14H26O2. The minimum Gasteiger partial charge on any atom is -0.390 e. The molecule has 0 aromatic heterocycles. The first-order valence-electron chi connectivity index (χ1n) is 6.70. The molecule has 0 aliphatic heterocycles. The fraction of sp³-hybridized carbons (Fsp3) is 1.00. The molecule has 0 spiro atoms. The number of hydrogen-bond acceptors (Lipinski definition) is 2. The van der Waals surface area contributed by atoms with Crippen molar-refractivity contribution in [1.82, 2.24) is 0 Å². The van der Waals surface area contributed by atoms with Gasteiger partial charge in [0, 0.05) is 12.5 Å². The van der Waals surface area contributed by atoms with E-state index in [9.17, 15) is 5.11 Å². The first-order valence-corrected chi connectivity index (χ1v) is 6.70. The average Bonchev–Trinajstić information content (AvgIpc) is 2.19. The van der Waals surface area contributed by atoms with Crippen LogP contribution in [0.25, 0.3) is 0 Å². The van der Waals surface area contributed by atoms with Crippen LogP contribution in [0, 0.1) is 17.3 Å². The quantitative estimate of drug-likeness (QED) is 0.784. The van der Waals surface area contributed by atoms with Gasteiger partial charge < -0.3 is 9.84 Å². The Morgan fingerprint density at radius 1 is 1.12 bits per heavy atom. The van der Waals surface area contributed by atoms with Crippen molar-refractivity contribution in [2.24, 2.45) is 17.3 Å². The number of aliphatic hydroxyl groups is 1. The van der Waals surface area contributed by atoms with Gasteiger partial charge in [-0.1, -0.05) is 32.6 Å². The Labute approximate surface area is 99.4 Å². The molecule has 2 saturated carbocycles. The molecule has 94 valence electrons. The van der Waals surface area contributed by atoms with Crippen LogP contribution in [0.15, 0.2) is 0 Å². The third-order valence-electron chi connectivity index (χ3n) is 5.20. The molecule has 2 rings (SSSR count). The molecule has 2 nitrogen and oxygen atoms in total. The molecule has 2 fully saturated rings. The van der Waals surface area contributed by atoms with E-state index in [1.807, 2.05) is 6.92 Å². The highest BCUT2D eigenvalue weighted by molar-refractivity contribution is 5.02. The van der Waals surface area contributed by atoms with Crippen molar-refractivity contribution >= 4 is 0 Å². The van der Waals surface area contributed by atoms with Crippen LogP contribution in [0.1, 0.15) is 52.4 Å². The predicted octanol–water partition coefficient (Wildman–Crippen LogP) is 2.99. The summed E-state index contributed by atoms with van der Waals surface area (Å²) in [5, 5.41) is 10.7. The molecule has 4 unspecified atom stereocenters. The fourth-order valence-corrected chi connectivity index (χ4v) is 3.91. The molecule has 0 aromatic carbocycles. The van der Waals surface area contributed by atoms with Gasteiger partial charge in [-0.15, -0.1) is 0 Å². The van der Waals surface area contributed by atoms with E-state index in [4.69, 9.17) is 4.74 Å². The van der Waals surface area contributed by atoms with Crippen molar-refractivity contribution in [2.45, 2.75) is 58.0 Å². The van der Waals surface area contributed by atoms with E-state index in [-0.39, 0.29) is 5.41 Å². The van der Waals surface area contributed by atoms with Crippen LogP contribution in [0.5, 0.6) is 0 Å². The van der Waals surface area contributed by atoms with Crippen LogP contribution in [0.4, 0.5) is 0 Å². The minimum absolute atomic E-state index is 0.0553. The third-order valence-corrected chi connectivity index (χ3v) is 5.20.